The monoisotopic (exact) mass is 488 g/mol. The van der Waals surface area contributed by atoms with Crippen molar-refractivity contribution in [3.63, 3.8) is 0 Å². The summed E-state index contributed by atoms with van der Waals surface area (Å²) < 4.78 is 27.4. The third-order valence-corrected chi connectivity index (χ3v) is 10.0. The van der Waals surface area contributed by atoms with Crippen LogP contribution in [0.4, 0.5) is 0 Å². The first kappa shape index (κ1) is 25.2. The van der Waals surface area contributed by atoms with Crippen LogP contribution in [-0.4, -0.2) is 68.9 Å². The number of carbonyl (C=O) groups excluding carboxylic acids is 1. The van der Waals surface area contributed by atoms with Crippen LogP contribution in [0.3, 0.4) is 0 Å². The largest absolute Gasteiger partial charge is 0.355 e. The smallest absolute Gasteiger partial charge is 0.253 e. The van der Waals surface area contributed by atoms with Gasteiger partial charge in [0, 0.05) is 25.6 Å². The van der Waals surface area contributed by atoms with Crippen LogP contribution < -0.4 is 10.6 Å². The number of hydrogen-bond acceptors (Lipinski definition) is 6. The summed E-state index contributed by atoms with van der Waals surface area (Å²) in [6, 6.07) is 5.55. The summed E-state index contributed by atoms with van der Waals surface area (Å²) in [7, 11) is 0.0257. The Balaban J connectivity index is 1.50. The number of hydrogen-bond donors (Lipinski definition) is 2. The molecule has 1 aromatic carbocycles. The average Bonchev–Trinajstić information content (AvgIpc) is 3.18. The number of benzene rings is 1. The van der Waals surface area contributed by atoms with Crippen molar-refractivity contribution >= 4 is 21.6 Å². The second-order valence-corrected chi connectivity index (χ2v) is 13.0. The normalized spacial score (nSPS) is 26.7. The fourth-order valence-corrected chi connectivity index (χ4v) is 7.73. The van der Waals surface area contributed by atoms with E-state index >= 15 is 0 Å². The number of nitrogens with one attached hydrogen (secondary N) is 2. The number of amidine groups is 1. The van der Waals surface area contributed by atoms with Gasteiger partial charge in [-0.05, 0) is 81.3 Å². The highest BCUT2D eigenvalue weighted by atomic mass is 32.2. The third-order valence-electron chi connectivity index (χ3n) is 7.99. The van der Waals surface area contributed by atoms with Crippen LogP contribution in [0.5, 0.6) is 0 Å². The molecule has 1 unspecified atom stereocenters. The molecule has 1 atom stereocenters. The van der Waals surface area contributed by atoms with E-state index in [-0.39, 0.29) is 11.7 Å². The molecule has 2 fully saturated rings. The molecule has 2 heterocycles. The Hall–Kier alpha value is -1.93. The first-order chi connectivity index (χ1) is 16.1. The number of rotatable bonds is 6. The van der Waals surface area contributed by atoms with Gasteiger partial charge in [-0.3, -0.25) is 9.79 Å². The van der Waals surface area contributed by atoms with Crippen LogP contribution in [-0.2, 0) is 16.3 Å². The van der Waals surface area contributed by atoms with Crippen LogP contribution in [0.15, 0.2) is 23.2 Å². The summed E-state index contributed by atoms with van der Waals surface area (Å²) in [6.07, 6.45) is 6.48. The van der Waals surface area contributed by atoms with Gasteiger partial charge in [0.2, 0.25) is 0 Å². The second kappa shape index (κ2) is 9.97. The van der Waals surface area contributed by atoms with Gasteiger partial charge >= 0.3 is 0 Å². The summed E-state index contributed by atoms with van der Waals surface area (Å²) in [4.78, 5) is 18.9. The standard InChI is InChI=1S/C26H40N4O3S/c1-18-5-7-21(8-6-18)23-28-25(26(29-23)12-14-27-15-13-26)34(32,33)16-11-20-9-10-22(17-19(20)2)24(31)30(3)4/h9-10,17-18,21,25,27H,5-8,11-16H2,1-4H3,(H,28,29). The van der Waals surface area contributed by atoms with Crippen molar-refractivity contribution in [2.45, 2.75) is 69.7 Å². The summed E-state index contributed by atoms with van der Waals surface area (Å²) >= 11 is 0. The summed E-state index contributed by atoms with van der Waals surface area (Å²) in [5.41, 5.74) is 1.99. The average molecular weight is 489 g/mol. The maximum atomic E-state index is 13.7. The molecule has 3 aliphatic rings. The minimum Gasteiger partial charge on any atom is -0.355 e. The van der Waals surface area contributed by atoms with E-state index in [0.717, 1.165) is 61.7 Å². The molecule has 1 aliphatic carbocycles. The molecule has 2 N–H and O–H groups in total. The van der Waals surface area contributed by atoms with Crippen LogP contribution in [0.1, 0.15) is 66.9 Å². The van der Waals surface area contributed by atoms with Gasteiger partial charge in [0.05, 0.1) is 11.3 Å². The lowest BCUT2D eigenvalue weighted by molar-refractivity contribution is 0.0827. The van der Waals surface area contributed by atoms with Crippen molar-refractivity contribution in [3.05, 3.63) is 34.9 Å². The number of aryl methyl sites for hydroxylation is 2. The zero-order valence-electron chi connectivity index (χ0n) is 21.1. The van der Waals surface area contributed by atoms with Crippen molar-refractivity contribution in [2.75, 3.05) is 32.9 Å². The Morgan fingerprint density at radius 3 is 2.44 bits per heavy atom. The van der Waals surface area contributed by atoms with Crippen molar-refractivity contribution in [3.8, 4) is 0 Å². The lowest BCUT2D eigenvalue weighted by atomic mass is 9.82. The lowest BCUT2D eigenvalue weighted by Crippen LogP contribution is -2.55. The highest BCUT2D eigenvalue weighted by Gasteiger charge is 2.51. The molecule has 0 aromatic heterocycles. The van der Waals surface area contributed by atoms with Gasteiger partial charge in [-0.15, -0.1) is 0 Å². The molecule has 34 heavy (non-hydrogen) atoms. The molecule has 1 amide bonds. The lowest BCUT2D eigenvalue weighted by Gasteiger charge is -2.36. The fraction of sp³-hybridized carbons (Fsp3) is 0.692. The Bertz CT molecular complexity index is 1040. The van der Waals surface area contributed by atoms with Crippen molar-refractivity contribution < 1.29 is 13.2 Å². The first-order valence-corrected chi connectivity index (χ1v) is 14.4. The maximum absolute atomic E-state index is 13.7. The van der Waals surface area contributed by atoms with E-state index in [1.54, 1.807) is 25.1 Å². The van der Waals surface area contributed by atoms with Crippen LogP contribution in [0, 0.1) is 18.8 Å². The Morgan fingerprint density at radius 1 is 1.15 bits per heavy atom. The Labute approximate surface area is 204 Å². The van der Waals surface area contributed by atoms with Gasteiger partial charge < -0.3 is 15.5 Å². The number of carbonyl (C=O) groups is 1. The van der Waals surface area contributed by atoms with Crippen LogP contribution in [0.2, 0.25) is 0 Å². The predicted octanol–water partition coefficient (Wildman–Crippen LogP) is 2.93. The predicted molar refractivity (Wildman–Crippen MR) is 137 cm³/mol. The number of aliphatic imine (C=N–C) groups is 1. The number of amides is 1. The van der Waals surface area contributed by atoms with Crippen molar-refractivity contribution in [2.24, 2.45) is 16.8 Å². The molecule has 7 nitrogen and oxygen atoms in total. The first-order valence-electron chi connectivity index (χ1n) is 12.7. The molecular formula is C26H40N4O3S. The molecule has 1 aromatic rings. The minimum absolute atomic E-state index is 0.0490. The second-order valence-electron chi connectivity index (χ2n) is 10.8. The van der Waals surface area contributed by atoms with E-state index < -0.39 is 20.8 Å². The van der Waals surface area contributed by atoms with Crippen molar-refractivity contribution in [1.29, 1.82) is 0 Å². The van der Waals surface area contributed by atoms with E-state index in [2.05, 4.69) is 17.6 Å². The van der Waals surface area contributed by atoms with Gasteiger partial charge in [-0.25, -0.2) is 8.42 Å². The van der Waals surface area contributed by atoms with E-state index in [0.29, 0.717) is 17.9 Å². The molecule has 1 spiro atoms. The zero-order chi connectivity index (χ0) is 24.5. The van der Waals surface area contributed by atoms with Crippen LogP contribution >= 0.6 is 0 Å². The Kier molecular flexibility index (Phi) is 7.38. The zero-order valence-corrected chi connectivity index (χ0v) is 21.9. The van der Waals surface area contributed by atoms with E-state index in [4.69, 9.17) is 4.99 Å². The maximum Gasteiger partial charge on any atom is 0.253 e. The number of piperidine rings is 1. The highest BCUT2D eigenvalue weighted by molar-refractivity contribution is 7.92. The number of nitrogens with zero attached hydrogens (tertiary/aromatic N) is 2. The van der Waals surface area contributed by atoms with E-state index in [1.807, 2.05) is 19.1 Å². The SMILES string of the molecule is Cc1cc(C(=O)N(C)C)ccc1CCS(=O)(=O)C1NC(C2CCC(C)CC2)=NC12CCNCC2. The fourth-order valence-electron chi connectivity index (χ4n) is 5.74. The molecule has 0 bridgehead atoms. The molecule has 2 aliphatic heterocycles. The summed E-state index contributed by atoms with van der Waals surface area (Å²) in [6.45, 7) is 5.84. The minimum atomic E-state index is -3.43. The highest BCUT2D eigenvalue weighted by Crippen LogP contribution is 2.38. The molecule has 1 saturated heterocycles. The molecule has 8 heteroatoms. The topological polar surface area (TPSA) is 90.9 Å². The third kappa shape index (κ3) is 5.18. The van der Waals surface area contributed by atoms with Gasteiger partial charge in [0.1, 0.15) is 5.84 Å². The number of sulfone groups is 1. The van der Waals surface area contributed by atoms with E-state index in [9.17, 15) is 13.2 Å². The van der Waals surface area contributed by atoms with Gasteiger partial charge in [0.25, 0.3) is 5.91 Å². The van der Waals surface area contributed by atoms with Crippen LogP contribution in [0.25, 0.3) is 0 Å². The summed E-state index contributed by atoms with van der Waals surface area (Å²) in [5.74, 6) is 2.06. The molecule has 1 saturated carbocycles. The molecule has 188 valence electrons. The van der Waals surface area contributed by atoms with Gasteiger partial charge in [0.15, 0.2) is 15.2 Å². The summed E-state index contributed by atoms with van der Waals surface area (Å²) in [5, 5.41) is 6.17. The quantitative estimate of drug-likeness (QED) is 0.643. The van der Waals surface area contributed by atoms with Gasteiger partial charge in [-0.2, -0.15) is 0 Å². The molecule has 4 rings (SSSR count). The van der Waals surface area contributed by atoms with E-state index in [1.165, 1.54) is 12.8 Å². The van der Waals surface area contributed by atoms with Crippen molar-refractivity contribution in [1.82, 2.24) is 15.5 Å². The van der Waals surface area contributed by atoms with Gasteiger partial charge in [-0.1, -0.05) is 25.8 Å². The Morgan fingerprint density at radius 2 is 1.82 bits per heavy atom. The molecule has 0 radical (unpaired) electrons. The molecular weight excluding hydrogens is 448 g/mol.